The smallest absolute Gasteiger partial charge is 0.353 e. The summed E-state index contributed by atoms with van der Waals surface area (Å²) in [7, 11) is 3.11. The van der Waals surface area contributed by atoms with Crippen LogP contribution in [0.3, 0.4) is 0 Å². The molecule has 0 aliphatic heterocycles. The van der Waals surface area contributed by atoms with E-state index in [9.17, 15) is 9.59 Å². The highest BCUT2D eigenvalue weighted by atomic mass is 16.5. The first-order chi connectivity index (χ1) is 6.97. The highest BCUT2D eigenvalue weighted by molar-refractivity contribution is 4.84. The Kier molecular flexibility index (Phi) is 3.41. The van der Waals surface area contributed by atoms with E-state index in [-0.39, 0.29) is 18.3 Å². The van der Waals surface area contributed by atoms with Gasteiger partial charge in [0, 0.05) is 14.2 Å². The molecule has 1 aromatic heterocycles. The Balaban J connectivity index is 3.25. The monoisotopic (exact) mass is 213 g/mol. The summed E-state index contributed by atoms with van der Waals surface area (Å²) in [4.78, 5) is 26.9. The zero-order valence-corrected chi connectivity index (χ0v) is 9.35. The summed E-state index contributed by atoms with van der Waals surface area (Å²) in [6.45, 7) is 3.62. The lowest BCUT2D eigenvalue weighted by Gasteiger charge is -2.12. The first-order valence-corrected chi connectivity index (χ1v) is 4.64. The van der Waals surface area contributed by atoms with Crippen LogP contribution in [0.2, 0.25) is 0 Å². The number of aromatic nitrogens is 3. The van der Waals surface area contributed by atoms with E-state index in [1.807, 2.05) is 0 Å². The van der Waals surface area contributed by atoms with Crippen molar-refractivity contribution in [1.82, 2.24) is 14.1 Å². The summed E-state index contributed by atoms with van der Waals surface area (Å²) in [5.74, 6) is 0.409. The van der Waals surface area contributed by atoms with Crippen LogP contribution in [0.15, 0.2) is 9.59 Å². The van der Waals surface area contributed by atoms with Crippen LogP contribution in [0.25, 0.3) is 0 Å². The van der Waals surface area contributed by atoms with Crippen LogP contribution in [-0.2, 0) is 18.3 Å². The molecule has 0 saturated heterocycles. The average Bonchev–Trinajstić information content (AvgIpc) is 2.21. The van der Waals surface area contributed by atoms with E-state index in [4.69, 9.17) is 4.74 Å². The molecular weight excluding hydrogens is 198 g/mol. The minimum atomic E-state index is -0.528. The molecule has 1 heterocycles. The highest BCUT2D eigenvalue weighted by Gasteiger charge is 2.10. The van der Waals surface area contributed by atoms with Crippen molar-refractivity contribution in [3.05, 3.63) is 26.8 Å². The van der Waals surface area contributed by atoms with E-state index in [2.05, 4.69) is 4.98 Å². The first-order valence-electron chi connectivity index (χ1n) is 4.64. The fourth-order valence-electron chi connectivity index (χ4n) is 1.16. The lowest BCUT2D eigenvalue weighted by Crippen LogP contribution is -2.43. The van der Waals surface area contributed by atoms with E-state index in [1.54, 1.807) is 20.9 Å². The van der Waals surface area contributed by atoms with Crippen LogP contribution in [0, 0.1) is 6.92 Å². The summed E-state index contributed by atoms with van der Waals surface area (Å²) in [6, 6.07) is 0. The van der Waals surface area contributed by atoms with Gasteiger partial charge in [0.05, 0.1) is 12.6 Å². The molecule has 1 rings (SSSR count). The Labute approximate surface area is 87.1 Å². The third-order valence-electron chi connectivity index (χ3n) is 2.33. The number of aryl methyl sites for hydroxylation is 1. The van der Waals surface area contributed by atoms with Crippen molar-refractivity contribution in [2.24, 2.45) is 7.05 Å². The Bertz CT molecular complexity index is 461. The average molecular weight is 213 g/mol. The van der Waals surface area contributed by atoms with Crippen LogP contribution in [0.1, 0.15) is 12.7 Å². The molecule has 1 aromatic rings. The van der Waals surface area contributed by atoms with Gasteiger partial charge < -0.3 is 4.74 Å². The molecule has 1 atom stereocenters. The van der Waals surface area contributed by atoms with Gasteiger partial charge in [-0.15, -0.1) is 0 Å². The SMILES string of the molecule is COC(C)Cn1c(=O)nc(C)n(C)c1=O. The first kappa shape index (κ1) is 11.6. The maximum absolute atomic E-state index is 11.7. The maximum atomic E-state index is 11.7. The lowest BCUT2D eigenvalue weighted by atomic mass is 10.4. The normalized spacial score (nSPS) is 12.8. The van der Waals surface area contributed by atoms with Gasteiger partial charge in [0.25, 0.3) is 0 Å². The second-order valence-corrected chi connectivity index (χ2v) is 3.44. The molecule has 15 heavy (non-hydrogen) atoms. The van der Waals surface area contributed by atoms with Crippen molar-refractivity contribution in [1.29, 1.82) is 0 Å². The van der Waals surface area contributed by atoms with Crippen molar-refractivity contribution in [3.8, 4) is 0 Å². The number of methoxy groups -OCH3 is 1. The van der Waals surface area contributed by atoms with E-state index < -0.39 is 5.69 Å². The second kappa shape index (κ2) is 4.39. The zero-order valence-electron chi connectivity index (χ0n) is 9.35. The van der Waals surface area contributed by atoms with Crippen LogP contribution in [0.4, 0.5) is 0 Å². The van der Waals surface area contributed by atoms with E-state index in [0.29, 0.717) is 5.82 Å². The predicted octanol–water partition coefficient (Wildman–Crippen LogP) is -0.715. The van der Waals surface area contributed by atoms with Gasteiger partial charge in [-0.2, -0.15) is 4.98 Å². The molecule has 0 amide bonds. The molecule has 0 aliphatic carbocycles. The highest BCUT2D eigenvalue weighted by Crippen LogP contribution is 1.89. The van der Waals surface area contributed by atoms with Crippen molar-refractivity contribution in [2.45, 2.75) is 26.5 Å². The van der Waals surface area contributed by atoms with Crippen LogP contribution >= 0.6 is 0 Å². The van der Waals surface area contributed by atoms with E-state index in [1.165, 1.54) is 11.7 Å². The van der Waals surface area contributed by atoms with Crippen molar-refractivity contribution in [3.63, 3.8) is 0 Å². The summed E-state index contributed by atoms with van der Waals surface area (Å²) in [5, 5.41) is 0. The Morgan fingerprint density at radius 1 is 1.47 bits per heavy atom. The summed E-state index contributed by atoms with van der Waals surface area (Å²) in [6.07, 6.45) is -0.195. The van der Waals surface area contributed by atoms with Crippen molar-refractivity contribution < 1.29 is 4.74 Å². The van der Waals surface area contributed by atoms with E-state index in [0.717, 1.165) is 4.57 Å². The molecule has 6 heteroatoms. The molecule has 0 N–H and O–H groups in total. The fourth-order valence-corrected chi connectivity index (χ4v) is 1.16. The summed E-state index contributed by atoms with van der Waals surface area (Å²) < 4.78 is 7.41. The summed E-state index contributed by atoms with van der Waals surface area (Å²) in [5.41, 5.74) is -0.893. The minimum Gasteiger partial charge on any atom is -0.380 e. The number of ether oxygens (including phenoxy) is 1. The number of hydrogen-bond acceptors (Lipinski definition) is 4. The molecule has 1 unspecified atom stereocenters. The number of hydrogen-bond donors (Lipinski definition) is 0. The Hall–Kier alpha value is -1.43. The van der Waals surface area contributed by atoms with Gasteiger partial charge in [-0.25, -0.2) is 14.2 Å². The molecule has 0 aromatic carbocycles. The van der Waals surface area contributed by atoms with Gasteiger partial charge in [-0.1, -0.05) is 0 Å². The Morgan fingerprint density at radius 3 is 2.60 bits per heavy atom. The standard InChI is InChI=1S/C9H15N3O3/c1-6(15-4)5-12-8(13)10-7(2)11(3)9(12)14/h6H,5H2,1-4H3. The Morgan fingerprint density at radius 2 is 2.07 bits per heavy atom. The molecule has 0 saturated carbocycles. The van der Waals surface area contributed by atoms with Crippen LogP contribution < -0.4 is 11.4 Å². The predicted molar refractivity (Wildman–Crippen MR) is 54.9 cm³/mol. The van der Waals surface area contributed by atoms with Gasteiger partial charge in [0.15, 0.2) is 0 Å². The number of nitrogens with zero attached hydrogens (tertiary/aromatic N) is 3. The molecule has 0 fully saturated rings. The largest absolute Gasteiger partial charge is 0.380 e. The zero-order chi connectivity index (χ0) is 11.6. The van der Waals surface area contributed by atoms with Gasteiger partial charge >= 0.3 is 11.4 Å². The topological polar surface area (TPSA) is 66.1 Å². The third kappa shape index (κ3) is 2.33. The lowest BCUT2D eigenvalue weighted by molar-refractivity contribution is 0.0999. The minimum absolute atomic E-state index is 0.195. The van der Waals surface area contributed by atoms with Gasteiger partial charge in [0.1, 0.15) is 5.82 Å². The third-order valence-corrected chi connectivity index (χ3v) is 2.33. The van der Waals surface area contributed by atoms with Gasteiger partial charge in [0.2, 0.25) is 0 Å². The number of rotatable bonds is 3. The fraction of sp³-hybridized carbons (Fsp3) is 0.667. The van der Waals surface area contributed by atoms with Crippen molar-refractivity contribution in [2.75, 3.05) is 7.11 Å². The molecule has 84 valence electrons. The van der Waals surface area contributed by atoms with Gasteiger partial charge in [-0.3, -0.25) is 4.57 Å². The summed E-state index contributed by atoms with van der Waals surface area (Å²) >= 11 is 0. The molecule has 0 spiro atoms. The van der Waals surface area contributed by atoms with E-state index >= 15 is 0 Å². The molecule has 0 aliphatic rings. The van der Waals surface area contributed by atoms with Crippen molar-refractivity contribution >= 4 is 0 Å². The molecule has 0 radical (unpaired) electrons. The van der Waals surface area contributed by atoms with Gasteiger partial charge in [-0.05, 0) is 13.8 Å². The van der Waals surface area contributed by atoms with Crippen LogP contribution in [-0.4, -0.2) is 27.3 Å². The second-order valence-electron chi connectivity index (χ2n) is 3.44. The molecule has 0 bridgehead atoms. The van der Waals surface area contributed by atoms with Crippen LogP contribution in [0.5, 0.6) is 0 Å². The quantitative estimate of drug-likeness (QED) is 0.665. The maximum Gasteiger partial charge on any atom is 0.353 e. The molecule has 6 nitrogen and oxygen atoms in total. The molecular formula is C9H15N3O3.